The van der Waals surface area contributed by atoms with Crippen LogP contribution in [0.4, 0.5) is 0 Å². The number of hydrogen-bond donors (Lipinski definition) is 3. The van der Waals surface area contributed by atoms with Crippen molar-refractivity contribution in [3.8, 4) is 0 Å². The van der Waals surface area contributed by atoms with Gasteiger partial charge in [0.1, 0.15) is 19.3 Å². The number of unbranched alkanes of at least 4 members (excludes halogenated alkanes) is 30. The van der Waals surface area contributed by atoms with E-state index in [1.165, 1.54) is 109 Å². The highest BCUT2D eigenvalue weighted by molar-refractivity contribution is 7.47. The van der Waals surface area contributed by atoms with Gasteiger partial charge in [0.2, 0.25) is 0 Å². The Morgan fingerprint density at radius 1 is 0.384 bits per heavy atom. The molecule has 506 valence electrons. The van der Waals surface area contributed by atoms with Crippen LogP contribution in [0.25, 0.3) is 0 Å². The average molecular weight is 1270 g/mol. The van der Waals surface area contributed by atoms with Crippen LogP contribution in [-0.4, -0.2) is 96.7 Å². The third-order valence-electron chi connectivity index (χ3n) is 15.2. The summed E-state index contributed by atoms with van der Waals surface area (Å²) >= 11 is 0. The van der Waals surface area contributed by atoms with Gasteiger partial charge in [0.05, 0.1) is 26.4 Å². The number of esters is 4. The van der Waals surface area contributed by atoms with Crippen LogP contribution in [0.2, 0.25) is 0 Å². The zero-order chi connectivity index (χ0) is 63.6. The lowest BCUT2D eigenvalue weighted by Gasteiger charge is -2.21. The first-order valence-corrected chi connectivity index (χ1v) is 37.3. The first kappa shape index (κ1) is 83.5. The summed E-state index contributed by atoms with van der Waals surface area (Å²) in [7, 11) is -9.90. The molecule has 0 aliphatic carbocycles. The monoisotopic (exact) mass is 1260 g/mol. The summed E-state index contributed by atoms with van der Waals surface area (Å²) in [6.07, 6.45) is 45.3. The van der Waals surface area contributed by atoms with E-state index >= 15 is 0 Å². The molecule has 0 amide bonds. The Kier molecular flexibility index (Phi) is 57.2. The molecule has 0 aliphatic rings. The van der Waals surface area contributed by atoms with Crippen LogP contribution >= 0.6 is 15.6 Å². The number of phosphoric acid groups is 2. The number of aliphatic hydroxyl groups excluding tert-OH is 1. The van der Waals surface area contributed by atoms with Crippen LogP contribution in [0.5, 0.6) is 0 Å². The molecule has 0 radical (unpaired) electrons. The molecular weight excluding hydrogens is 1140 g/mol. The van der Waals surface area contributed by atoms with E-state index in [1.807, 2.05) is 0 Å². The summed E-state index contributed by atoms with van der Waals surface area (Å²) in [6, 6.07) is 0. The molecule has 0 fully saturated rings. The van der Waals surface area contributed by atoms with Crippen LogP contribution in [0.15, 0.2) is 24.3 Å². The van der Waals surface area contributed by atoms with Crippen molar-refractivity contribution in [2.75, 3.05) is 39.6 Å². The lowest BCUT2D eigenvalue weighted by atomic mass is 9.99. The lowest BCUT2D eigenvalue weighted by Crippen LogP contribution is -2.30. The van der Waals surface area contributed by atoms with Crippen molar-refractivity contribution in [3.05, 3.63) is 24.3 Å². The van der Waals surface area contributed by atoms with Crippen LogP contribution < -0.4 is 0 Å². The highest BCUT2D eigenvalue weighted by Gasteiger charge is 2.30. The molecular formula is C67H126O17P2. The Hall–Kier alpha value is -2.46. The number of aliphatic hydroxyl groups is 1. The van der Waals surface area contributed by atoms with Gasteiger partial charge in [-0.1, -0.05) is 258 Å². The van der Waals surface area contributed by atoms with E-state index in [9.17, 15) is 43.2 Å². The Labute approximate surface area is 522 Å². The second-order valence-electron chi connectivity index (χ2n) is 24.2. The fourth-order valence-corrected chi connectivity index (χ4v) is 11.1. The molecule has 0 aromatic rings. The number of ether oxygens (including phenoxy) is 4. The van der Waals surface area contributed by atoms with E-state index in [1.54, 1.807) is 0 Å². The zero-order valence-electron chi connectivity index (χ0n) is 55.1. The summed E-state index contributed by atoms with van der Waals surface area (Å²) in [6.45, 7) is 9.36. The third-order valence-corrected chi connectivity index (χ3v) is 17.1. The SMILES string of the molecule is CCCCCC/C=C\C=C/CCCCCCCC(=O)O[C@H](COC(=O)CCCCCCCCCCC(C)CC)COP(=O)(O)OC[C@@H](O)COP(=O)(O)OC[C@@H](COC(=O)CCCCCCCCC(C)C)OC(=O)CCCCCCCCCCCC. The summed E-state index contributed by atoms with van der Waals surface area (Å²) in [5.41, 5.74) is 0. The van der Waals surface area contributed by atoms with Crippen LogP contribution in [0.3, 0.4) is 0 Å². The minimum atomic E-state index is -4.96. The minimum absolute atomic E-state index is 0.0842. The zero-order valence-corrected chi connectivity index (χ0v) is 56.9. The smallest absolute Gasteiger partial charge is 0.462 e. The van der Waals surface area contributed by atoms with Gasteiger partial charge in [-0.3, -0.25) is 37.3 Å². The first-order valence-electron chi connectivity index (χ1n) is 34.3. The molecule has 0 saturated heterocycles. The second kappa shape index (κ2) is 58.9. The van der Waals surface area contributed by atoms with Crippen molar-refractivity contribution in [1.82, 2.24) is 0 Å². The van der Waals surface area contributed by atoms with Gasteiger partial charge in [0.15, 0.2) is 12.2 Å². The standard InChI is InChI=1S/C67H126O17P2/c1-7-10-12-14-16-18-20-21-22-23-24-26-32-40-46-52-67(72)83-62(55-77-64(69)49-43-37-30-28-27-29-36-42-48-60(6)9-3)57-81-85(73,74)79-53-61(68)54-80-86(75,76)82-58-63(56-78-65(70)50-44-38-34-33-35-41-47-59(4)5)84-66(71)51-45-39-31-25-19-17-15-13-11-8-2/h18,20-22,59-63,68H,7-17,19,23-58H2,1-6H3,(H,73,74)(H,75,76)/b20-18-,22-21-/t60?,61-,62-,63-/m1/s1. The Morgan fingerprint density at radius 2 is 0.686 bits per heavy atom. The molecule has 0 saturated carbocycles. The van der Waals surface area contributed by atoms with E-state index in [-0.39, 0.29) is 25.7 Å². The number of carbonyl (C=O) groups excluding carboxylic acids is 4. The van der Waals surface area contributed by atoms with Crippen LogP contribution in [0, 0.1) is 11.8 Å². The highest BCUT2D eigenvalue weighted by Crippen LogP contribution is 2.45. The quantitative estimate of drug-likeness (QED) is 0.0169. The van der Waals surface area contributed by atoms with Gasteiger partial charge in [-0.2, -0.15) is 0 Å². The molecule has 3 N–H and O–H groups in total. The molecule has 17 nitrogen and oxygen atoms in total. The Morgan fingerprint density at radius 3 is 1.05 bits per heavy atom. The van der Waals surface area contributed by atoms with E-state index < -0.39 is 97.5 Å². The van der Waals surface area contributed by atoms with Crippen molar-refractivity contribution < 1.29 is 80.2 Å². The number of hydrogen-bond acceptors (Lipinski definition) is 15. The molecule has 0 aromatic heterocycles. The molecule has 0 bridgehead atoms. The summed E-state index contributed by atoms with van der Waals surface area (Å²) in [5, 5.41) is 10.5. The van der Waals surface area contributed by atoms with Gasteiger partial charge in [-0.25, -0.2) is 9.13 Å². The highest BCUT2D eigenvalue weighted by atomic mass is 31.2. The predicted molar refractivity (Wildman–Crippen MR) is 344 cm³/mol. The van der Waals surface area contributed by atoms with Crippen molar-refractivity contribution in [2.24, 2.45) is 11.8 Å². The topological polar surface area (TPSA) is 237 Å². The number of phosphoric ester groups is 2. The molecule has 86 heavy (non-hydrogen) atoms. The van der Waals surface area contributed by atoms with Gasteiger partial charge in [-0.15, -0.1) is 0 Å². The summed E-state index contributed by atoms with van der Waals surface area (Å²) in [4.78, 5) is 72.3. The van der Waals surface area contributed by atoms with Gasteiger partial charge >= 0.3 is 39.5 Å². The Balaban J connectivity index is 5.28. The van der Waals surface area contributed by atoms with Gasteiger partial charge in [0.25, 0.3) is 0 Å². The molecule has 3 unspecified atom stereocenters. The van der Waals surface area contributed by atoms with E-state index in [0.29, 0.717) is 31.6 Å². The lowest BCUT2D eigenvalue weighted by molar-refractivity contribution is -0.161. The third kappa shape index (κ3) is 59.2. The van der Waals surface area contributed by atoms with E-state index in [0.717, 1.165) is 115 Å². The molecule has 0 aromatic carbocycles. The number of carbonyl (C=O) groups is 4. The maximum absolute atomic E-state index is 13.0. The van der Waals surface area contributed by atoms with Crippen molar-refractivity contribution in [1.29, 1.82) is 0 Å². The van der Waals surface area contributed by atoms with Gasteiger partial charge in [0, 0.05) is 25.7 Å². The van der Waals surface area contributed by atoms with Crippen molar-refractivity contribution in [3.63, 3.8) is 0 Å². The number of allylic oxidation sites excluding steroid dienone is 4. The summed E-state index contributed by atoms with van der Waals surface area (Å²) in [5.74, 6) is -0.710. The van der Waals surface area contributed by atoms with Gasteiger partial charge in [-0.05, 0) is 63.2 Å². The van der Waals surface area contributed by atoms with Gasteiger partial charge < -0.3 is 33.8 Å². The number of rotatable bonds is 64. The second-order valence-corrected chi connectivity index (χ2v) is 27.1. The molecule has 0 spiro atoms. The molecule has 0 aliphatic heterocycles. The molecule has 0 rings (SSSR count). The molecule has 6 atom stereocenters. The average Bonchev–Trinajstić information content (AvgIpc) is 3.54. The van der Waals surface area contributed by atoms with Crippen molar-refractivity contribution >= 4 is 39.5 Å². The molecule has 0 heterocycles. The normalized spacial score (nSPS) is 14.7. The maximum Gasteiger partial charge on any atom is 0.472 e. The van der Waals surface area contributed by atoms with Crippen LogP contribution in [-0.2, 0) is 65.4 Å². The predicted octanol–water partition coefficient (Wildman–Crippen LogP) is 18.4. The molecule has 19 heteroatoms. The maximum atomic E-state index is 13.0. The fraction of sp³-hybridized carbons (Fsp3) is 0.881. The van der Waals surface area contributed by atoms with E-state index in [2.05, 4.69) is 65.8 Å². The fourth-order valence-electron chi connectivity index (χ4n) is 9.49. The minimum Gasteiger partial charge on any atom is -0.462 e. The largest absolute Gasteiger partial charge is 0.472 e. The van der Waals surface area contributed by atoms with E-state index in [4.69, 9.17) is 37.0 Å². The van der Waals surface area contributed by atoms with Crippen LogP contribution in [0.1, 0.15) is 311 Å². The van der Waals surface area contributed by atoms with Crippen molar-refractivity contribution in [2.45, 2.75) is 330 Å². The first-order chi connectivity index (χ1) is 41.4. The summed E-state index contributed by atoms with van der Waals surface area (Å²) < 4.78 is 68.0. The Bertz CT molecular complexity index is 1780.